The second kappa shape index (κ2) is 8.59. The van der Waals surface area contributed by atoms with Gasteiger partial charge in [-0.1, -0.05) is 6.07 Å². The van der Waals surface area contributed by atoms with Crippen LogP contribution in [0.3, 0.4) is 0 Å². The second-order valence-electron chi connectivity index (χ2n) is 6.73. The number of nitrogens with one attached hydrogen (secondary N) is 2. The molecule has 1 heterocycles. The number of carbonyl (C=O) groups excluding carboxylic acids is 1. The largest absolute Gasteiger partial charge is 0.496 e. The number of halogens is 3. The number of pyridine rings is 1. The fourth-order valence-electron chi connectivity index (χ4n) is 3.46. The average Bonchev–Trinajstić information content (AvgIpc) is 3.13. The Labute approximate surface area is 166 Å². The molecule has 0 aliphatic heterocycles. The molecule has 2 atom stereocenters. The maximum atomic E-state index is 12.9. The van der Waals surface area contributed by atoms with E-state index in [1.807, 2.05) is 0 Å². The molecular weight excluding hydrogens is 387 g/mol. The molecule has 0 bridgehead atoms. The van der Waals surface area contributed by atoms with Crippen LogP contribution in [0.15, 0.2) is 36.5 Å². The summed E-state index contributed by atoms with van der Waals surface area (Å²) in [7, 11) is 2.95. The SMILES string of the molecule is COc1cccc(OC)c1C(=O)NC1CCC[C@@H]1Nc1ccc(C(F)(F)F)cn1. The van der Waals surface area contributed by atoms with E-state index in [1.165, 1.54) is 20.3 Å². The van der Waals surface area contributed by atoms with Crippen LogP contribution < -0.4 is 20.1 Å². The zero-order chi connectivity index (χ0) is 21.0. The number of amides is 1. The van der Waals surface area contributed by atoms with Crippen molar-refractivity contribution in [3.05, 3.63) is 47.7 Å². The number of aromatic nitrogens is 1. The lowest BCUT2D eigenvalue weighted by Crippen LogP contribution is -2.43. The van der Waals surface area contributed by atoms with E-state index in [0.717, 1.165) is 31.5 Å². The lowest BCUT2D eigenvalue weighted by atomic mass is 10.1. The molecule has 0 radical (unpaired) electrons. The molecule has 1 saturated carbocycles. The summed E-state index contributed by atoms with van der Waals surface area (Å²) in [6.45, 7) is 0. The average molecular weight is 409 g/mol. The number of anilines is 1. The summed E-state index contributed by atoms with van der Waals surface area (Å²) >= 11 is 0. The van der Waals surface area contributed by atoms with Crippen LogP contribution in [0.5, 0.6) is 11.5 Å². The van der Waals surface area contributed by atoms with E-state index in [9.17, 15) is 18.0 Å². The molecule has 1 aromatic carbocycles. The molecule has 3 rings (SSSR count). The smallest absolute Gasteiger partial charge is 0.417 e. The van der Waals surface area contributed by atoms with Crippen LogP contribution in [0.4, 0.5) is 19.0 Å². The number of methoxy groups -OCH3 is 2. The summed E-state index contributed by atoms with van der Waals surface area (Å²) in [5.74, 6) is 0.792. The normalized spacial score (nSPS) is 18.9. The minimum atomic E-state index is -4.43. The molecule has 1 aliphatic carbocycles. The van der Waals surface area contributed by atoms with Crippen molar-refractivity contribution in [2.45, 2.75) is 37.5 Å². The summed E-state index contributed by atoms with van der Waals surface area (Å²) in [6, 6.07) is 7.00. The van der Waals surface area contributed by atoms with E-state index in [-0.39, 0.29) is 18.0 Å². The zero-order valence-electron chi connectivity index (χ0n) is 16.0. The molecule has 2 aromatic rings. The van der Waals surface area contributed by atoms with E-state index in [4.69, 9.17) is 9.47 Å². The van der Waals surface area contributed by atoms with Gasteiger partial charge in [-0.3, -0.25) is 4.79 Å². The number of hydrogen-bond donors (Lipinski definition) is 2. The molecule has 1 unspecified atom stereocenters. The van der Waals surface area contributed by atoms with Crippen LogP contribution in [0.1, 0.15) is 35.2 Å². The van der Waals surface area contributed by atoms with Gasteiger partial charge in [0.1, 0.15) is 22.9 Å². The molecule has 156 valence electrons. The number of benzene rings is 1. The van der Waals surface area contributed by atoms with Crippen LogP contribution in [0.2, 0.25) is 0 Å². The Kier molecular flexibility index (Phi) is 6.14. The summed E-state index contributed by atoms with van der Waals surface area (Å²) in [6.07, 6.45) is -1.27. The summed E-state index contributed by atoms with van der Waals surface area (Å²) in [5.41, 5.74) is -0.501. The highest BCUT2D eigenvalue weighted by atomic mass is 19.4. The molecule has 29 heavy (non-hydrogen) atoms. The van der Waals surface area contributed by atoms with Crippen molar-refractivity contribution in [2.24, 2.45) is 0 Å². The van der Waals surface area contributed by atoms with E-state index in [2.05, 4.69) is 15.6 Å². The number of nitrogens with zero attached hydrogens (tertiary/aromatic N) is 1. The molecule has 0 saturated heterocycles. The molecule has 6 nitrogen and oxygen atoms in total. The van der Waals surface area contributed by atoms with Crippen molar-refractivity contribution in [1.82, 2.24) is 10.3 Å². The third kappa shape index (κ3) is 4.72. The minimum absolute atomic E-state index is 0.149. The number of rotatable bonds is 6. The molecule has 2 N–H and O–H groups in total. The first-order chi connectivity index (χ1) is 13.8. The Morgan fingerprint density at radius 1 is 1.07 bits per heavy atom. The predicted molar refractivity (Wildman–Crippen MR) is 101 cm³/mol. The highest BCUT2D eigenvalue weighted by molar-refractivity contribution is 6.00. The van der Waals surface area contributed by atoms with Gasteiger partial charge in [-0.05, 0) is 43.5 Å². The first-order valence-corrected chi connectivity index (χ1v) is 9.15. The maximum absolute atomic E-state index is 12.9. The third-order valence-corrected chi connectivity index (χ3v) is 4.91. The van der Waals surface area contributed by atoms with Crippen molar-refractivity contribution in [1.29, 1.82) is 0 Å². The van der Waals surface area contributed by atoms with Crippen molar-refractivity contribution >= 4 is 11.7 Å². The highest BCUT2D eigenvalue weighted by Crippen LogP contribution is 2.31. The Balaban J connectivity index is 1.71. The molecule has 1 aromatic heterocycles. The number of hydrogen-bond acceptors (Lipinski definition) is 5. The standard InChI is InChI=1S/C20H22F3N3O3/c1-28-15-7-4-8-16(29-2)18(15)19(27)26-14-6-3-5-13(14)25-17-10-9-12(11-24-17)20(21,22)23/h4,7-11,13-14H,3,5-6H2,1-2H3,(H,24,25)(H,26,27)/t13-,14?/m0/s1. The summed E-state index contributed by atoms with van der Waals surface area (Å²) in [5, 5.41) is 6.11. The molecule has 0 spiro atoms. The number of ether oxygens (including phenoxy) is 2. The first-order valence-electron chi connectivity index (χ1n) is 9.15. The lowest BCUT2D eigenvalue weighted by Gasteiger charge is -2.23. The van der Waals surface area contributed by atoms with Crippen molar-refractivity contribution in [2.75, 3.05) is 19.5 Å². The van der Waals surface area contributed by atoms with E-state index in [0.29, 0.717) is 22.9 Å². The van der Waals surface area contributed by atoms with Crippen LogP contribution in [0.25, 0.3) is 0 Å². The molecule has 9 heteroatoms. The van der Waals surface area contributed by atoms with Gasteiger partial charge in [-0.25, -0.2) is 4.98 Å². The Hall–Kier alpha value is -2.97. The van der Waals surface area contributed by atoms with Gasteiger partial charge in [0.05, 0.1) is 19.8 Å². The fourth-order valence-corrected chi connectivity index (χ4v) is 3.46. The van der Waals surface area contributed by atoms with Gasteiger partial charge in [0, 0.05) is 18.3 Å². The Morgan fingerprint density at radius 2 is 1.72 bits per heavy atom. The summed E-state index contributed by atoms with van der Waals surface area (Å²) < 4.78 is 48.6. The number of alkyl halides is 3. The van der Waals surface area contributed by atoms with Crippen molar-refractivity contribution in [3.8, 4) is 11.5 Å². The van der Waals surface area contributed by atoms with Crippen LogP contribution in [0, 0.1) is 0 Å². The molecule has 1 fully saturated rings. The quantitative estimate of drug-likeness (QED) is 0.758. The zero-order valence-corrected chi connectivity index (χ0v) is 16.0. The van der Waals surface area contributed by atoms with Crippen LogP contribution in [-0.2, 0) is 6.18 Å². The lowest BCUT2D eigenvalue weighted by molar-refractivity contribution is -0.137. The van der Waals surface area contributed by atoms with Gasteiger partial charge < -0.3 is 20.1 Å². The Bertz CT molecular complexity index is 834. The molecule has 1 amide bonds. The van der Waals surface area contributed by atoms with E-state index in [1.54, 1.807) is 18.2 Å². The topological polar surface area (TPSA) is 72.5 Å². The van der Waals surface area contributed by atoms with E-state index >= 15 is 0 Å². The van der Waals surface area contributed by atoms with Gasteiger partial charge in [-0.15, -0.1) is 0 Å². The fraction of sp³-hybridized carbons (Fsp3) is 0.400. The molecular formula is C20H22F3N3O3. The Morgan fingerprint density at radius 3 is 2.28 bits per heavy atom. The van der Waals surface area contributed by atoms with Gasteiger partial charge in [-0.2, -0.15) is 13.2 Å². The number of carbonyl (C=O) groups is 1. The minimum Gasteiger partial charge on any atom is -0.496 e. The third-order valence-electron chi connectivity index (χ3n) is 4.91. The van der Waals surface area contributed by atoms with Crippen LogP contribution >= 0.6 is 0 Å². The highest BCUT2D eigenvalue weighted by Gasteiger charge is 2.32. The van der Waals surface area contributed by atoms with Gasteiger partial charge >= 0.3 is 6.18 Å². The van der Waals surface area contributed by atoms with Gasteiger partial charge in [0.15, 0.2) is 0 Å². The molecule has 1 aliphatic rings. The maximum Gasteiger partial charge on any atom is 0.417 e. The second-order valence-corrected chi connectivity index (χ2v) is 6.73. The van der Waals surface area contributed by atoms with Crippen LogP contribution in [-0.4, -0.2) is 37.2 Å². The van der Waals surface area contributed by atoms with Crippen molar-refractivity contribution < 1.29 is 27.4 Å². The predicted octanol–water partition coefficient (Wildman–Crippen LogP) is 3.88. The van der Waals surface area contributed by atoms with Gasteiger partial charge in [0.2, 0.25) is 0 Å². The first kappa shape index (κ1) is 20.8. The monoisotopic (exact) mass is 409 g/mol. The van der Waals surface area contributed by atoms with Gasteiger partial charge in [0.25, 0.3) is 5.91 Å². The van der Waals surface area contributed by atoms with Crippen molar-refractivity contribution in [3.63, 3.8) is 0 Å². The summed E-state index contributed by atoms with van der Waals surface area (Å²) in [4.78, 5) is 16.7. The van der Waals surface area contributed by atoms with E-state index < -0.39 is 11.7 Å².